The van der Waals surface area contributed by atoms with E-state index in [4.69, 9.17) is 15.2 Å². The van der Waals surface area contributed by atoms with Crippen molar-refractivity contribution >= 4 is 0 Å². The molecule has 3 nitrogen and oxygen atoms in total. The number of rotatable bonds is 8. The van der Waals surface area contributed by atoms with Gasteiger partial charge in [-0.25, -0.2) is 0 Å². The summed E-state index contributed by atoms with van der Waals surface area (Å²) in [6, 6.07) is 8.11. The maximum Gasteiger partial charge on any atom is 0.118 e. The van der Waals surface area contributed by atoms with E-state index in [2.05, 4.69) is 19.1 Å². The van der Waals surface area contributed by atoms with Gasteiger partial charge in [0.05, 0.1) is 13.2 Å². The molecule has 1 fully saturated rings. The van der Waals surface area contributed by atoms with Gasteiger partial charge in [-0.15, -0.1) is 0 Å². The number of ether oxygens (including phenoxy) is 2. The molecule has 2 unspecified atom stereocenters. The summed E-state index contributed by atoms with van der Waals surface area (Å²) in [7, 11) is 1.68. The molecule has 2 atom stereocenters. The maximum atomic E-state index is 6.23. The first-order valence-corrected chi connectivity index (χ1v) is 7.75. The Morgan fingerprint density at radius 1 is 1.25 bits per heavy atom. The van der Waals surface area contributed by atoms with Crippen LogP contribution in [0.4, 0.5) is 0 Å². The minimum atomic E-state index is -0.00835. The molecule has 0 bridgehead atoms. The number of hydrogen-bond donors (Lipinski definition) is 1. The van der Waals surface area contributed by atoms with Crippen LogP contribution in [0.25, 0.3) is 0 Å². The molecule has 0 amide bonds. The Balaban J connectivity index is 1.93. The van der Waals surface area contributed by atoms with Crippen molar-refractivity contribution in [1.82, 2.24) is 0 Å². The number of benzene rings is 1. The Morgan fingerprint density at radius 3 is 2.45 bits per heavy atom. The van der Waals surface area contributed by atoms with Gasteiger partial charge in [-0.05, 0) is 36.5 Å². The van der Waals surface area contributed by atoms with E-state index in [1.807, 2.05) is 12.1 Å². The summed E-state index contributed by atoms with van der Waals surface area (Å²) >= 11 is 0. The van der Waals surface area contributed by atoms with Crippen molar-refractivity contribution in [3.8, 4) is 5.75 Å². The van der Waals surface area contributed by atoms with Crippen LogP contribution in [0.3, 0.4) is 0 Å². The van der Waals surface area contributed by atoms with Crippen LogP contribution < -0.4 is 10.5 Å². The molecule has 1 aromatic carbocycles. The van der Waals surface area contributed by atoms with Crippen LogP contribution in [0.2, 0.25) is 0 Å². The third kappa shape index (κ3) is 3.97. The lowest BCUT2D eigenvalue weighted by Crippen LogP contribution is -2.30. The maximum absolute atomic E-state index is 6.23. The molecule has 0 heterocycles. The van der Waals surface area contributed by atoms with E-state index in [0.29, 0.717) is 0 Å². The Morgan fingerprint density at radius 2 is 1.95 bits per heavy atom. The molecule has 0 aliphatic heterocycles. The van der Waals surface area contributed by atoms with Crippen LogP contribution >= 0.6 is 0 Å². The minimum absolute atomic E-state index is 0.00835. The first-order chi connectivity index (χ1) is 9.74. The lowest BCUT2D eigenvalue weighted by Gasteiger charge is -2.28. The van der Waals surface area contributed by atoms with Crippen molar-refractivity contribution < 1.29 is 9.47 Å². The van der Waals surface area contributed by atoms with Gasteiger partial charge in [0.1, 0.15) is 5.75 Å². The molecule has 0 aromatic heterocycles. The van der Waals surface area contributed by atoms with Crippen LogP contribution in [0.1, 0.15) is 50.7 Å². The lowest BCUT2D eigenvalue weighted by atomic mass is 9.83. The van der Waals surface area contributed by atoms with E-state index in [0.717, 1.165) is 30.3 Å². The van der Waals surface area contributed by atoms with Crippen molar-refractivity contribution in [2.45, 2.75) is 51.2 Å². The highest BCUT2D eigenvalue weighted by Crippen LogP contribution is 2.31. The highest BCUT2D eigenvalue weighted by molar-refractivity contribution is 5.29. The molecule has 0 saturated heterocycles. The fourth-order valence-electron chi connectivity index (χ4n) is 2.62. The van der Waals surface area contributed by atoms with Gasteiger partial charge in [0.2, 0.25) is 0 Å². The molecule has 1 aliphatic carbocycles. The van der Waals surface area contributed by atoms with Crippen molar-refractivity contribution in [2.24, 2.45) is 11.7 Å². The Kier molecular flexibility index (Phi) is 5.86. The lowest BCUT2D eigenvalue weighted by molar-refractivity contribution is 0.0203. The quantitative estimate of drug-likeness (QED) is 0.788. The summed E-state index contributed by atoms with van der Waals surface area (Å²) < 4.78 is 11.3. The smallest absolute Gasteiger partial charge is 0.118 e. The molecule has 2 rings (SSSR count). The Hall–Kier alpha value is -1.06. The van der Waals surface area contributed by atoms with Crippen LogP contribution in [0.5, 0.6) is 5.75 Å². The molecule has 1 aromatic rings. The molecule has 3 heteroatoms. The summed E-state index contributed by atoms with van der Waals surface area (Å²) in [5.41, 5.74) is 7.37. The van der Waals surface area contributed by atoms with E-state index < -0.39 is 0 Å². The van der Waals surface area contributed by atoms with Crippen molar-refractivity contribution in [2.75, 3.05) is 13.7 Å². The van der Waals surface area contributed by atoms with E-state index in [1.165, 1.54) is 25.7 Å². The van der Waals surface area contributed by atoms with Gasteiger partial charge in [0, 0.05) is 12.6 Å². The third-order valence-electron chi connectivity index (χ3n) is 4.35. The molecule has 112 valence electrons. The van der Waals surface area contributed by atoms with Gasteiger partial charge in [-0.1, -0.05) is 38.3 Å². The molecular weight excluding hydrogens is 250 g/mol. The van der Waals surface area contributed by atoms with E-state index in [9.17, 15) is 0 Å². The fourth-order valence-corrected chi connectivity index (χ4v) is 2.62. The first kappa shape index (κ1) is 15.3. The molecule has 1 aliphatic rings. The summed E-state index contributed by atoms with van der Waals surface area (Å²) in [6.45, 7) is 2.92. The molecule has 1 saturated carbocycles. The summed E-state index contributed by atoms with van der Waals surface area (Å²) in [5.74, 6) is 1.75. The van der Waals surface area contributed by atoms with Gasteiger partial charge < -0.3 is 15.2 Å². The van der Waals surface area contributed by atoms with Gasteiger partial charge in [0.15, 0.2) is 0 Å². The largest absolute Gasteiger partial charge is 0.497 e. The van der Waals surface area contributed by atoms with Crippen molar-refractivity contribution in [1.29, 1.82) is 0 Å². The van der Waals surface area contributed by atoms with Crippen LogP contribution in [0, 0.1) is 5.92 Å². The van der Waals surface area contributed by atoms with Crippen LogP contribution in [0.15, 0.2) is 24.3 Å². The molecular formula is C17H27NO2. The first-order valence-electron chi connectivity index (χ1n) is 7.75. The van der Waals surface area contributed by atoms with E-state index >= 15 is 0 Å². The second-order valence-electron chi connectivity index (χ2n) is 5.72. The number of nitrogens with two attached hydrogens (primary N) is 1. The zero-order valence-corrected chi connectivity index (χ0v) is 12.7. The highest BCUT2D eigenvalue weighted by Gasteiger charge is 2.21. The topological polar surface area (TPSA) is 44.5 Å². The number of hydrogen-bond acceptors (Lipinski definition) is 3. The SMILES string of the molecule is CCC(N)C(OCCC1CCC1)c1ccc(OC)cc1. The predicted molar refractivity (Wildman–Crippen MR) is 81.9 cm³/mol. The zero-order valence-electron chi connectivity index (χ0n) is 12.7. The number of methoxy groups -OCH3 is 1. The molecule has 0 spiro atoms. The van der Waals surface area contributed by atoms with E-state index in [1.54, 1.807) is 7.11 Å². The molecule has 0 radical (unpaired) electrons. The van der Waals surface area contributed by atoms with Crippen LogP contribution in [-0.2, 0) is 4.74 Å². The van der Waals surface area contributed by atoms with Crippen molar-refractivity contribution in [3.63, 3.8) is 0 Å². The van der Waals surface area contributed by atoms with Gasteiger partial charge >= 0.3 is 0 Å². The summed E-state index contributed by atoms with van der Waals surface area (Å²) in [4.78, 5) is 0. The van der Waals surface area contributed by atoms with Gasteiger partial charge in [0.25, 0.3) is 0 Å². The minimum Gasteiger partial charge on any atom is -0.497 e. The molecule has 2 N–H and O–H groups in total. The Labute approximate surface area is 122 Å². The monoisotopic (exact) mass is 277 g/mol. The average Bonchev–Trinajstić information content (AvgIpc) is 2.45. The average molecular weight is 277 g/mol. The fraction of sp³-hybridized carbons (Fsp3) is 0.647. The molecule has 20 heavy (non-hydrogen) atoms. The van der Waals surface area contributed by atoms with Gasteiger partial charge in [-0.3, -0.25) is 0 Å². The second-order valence-corrected chi connectivity index (χ2v) is 5.72. The van der Waals surface area contributed by atoms with Crippen molar-refractivity contribution in [3.05, 3.63) is 29.8 Å². The Bertz CT molecular complexity index is 386. The van der Waals surface area contributed by atoms with E-state index in [-0.39, 0.29) is 12.1 Å². The predicted octanol–water partition coefficient (Wildman–Crippen LogP) is 3.68. The third-order valence-corrected chi connectivity index (χ3v) is 4.35. The summed E-state index contributed by atoms with van der Waals surface area (Å²) in [5, 5.41) is 0. The van der Waals surface area contributed by atoms with Crippen LogP contribution in [-0.4, -0.2) is 19.8 Å². The standard InChI is InChI=1S/C17H27NO2/c1-3-16(18)17(20-12-11-13-5-4-6-13)14-7-9-15(19-2)10-8-14/h7-10,13,16-17H,3-6,11-12,18H2,1-2H3. The highest BCUT2D eigenvalue weighted by atomic mass is 16.5. The second kappa shape index (κ2) is 7.65. The normalized spacial score (nSPS) is 18.4. The zero-order chi connectivity index (χ0) is 14.4. The summed E-state index contributed by atoms with van der Waals surface area (Å²) in [6.07, 6.45) is 6.21. The van der Waals surface area contributed by atoms with Gasteiger partial charge in [-0.2, -0.15) is 0 Å².